The summed E-state index contributed by atoms with van der Waals surface area (Å²) in [6, 6.07) is 9.35. The largest absolute Gasteiger partial charge is 0.416 e. The van der Waals surface area contributed by atoms with Gasteiger partial charge in [0.2, 0.25) is 11.7 Å². The van der Waals surface area contributed by atoms with Crippen LogP contribution < -0.4 is 10.3 Å². The number of pyridine rings is 1. The Hall–Kier alpha value is -4.39. The van der Waals surface area contributed by atoms with Gasteiger partial charge in [0.05, 0.1) is 37.9 Å². The average Bonchev–Trinajstić information content (AvgIpc) is 3.31. The number of Topliss-reactive ketones (excluding diaryl/α,β-unsaturated/α-hetero) is 1. The standard InChI is InChI=1S/C25H23F3N8O2/c1-16-3-2-4-17(11-16)13-31-34-22-21-23(33-24(32-22)35-7-9-38-10-8-35)36(15-30-21)14-20(37)19-12-18(5-6-29-19)25(26,27)28/h2-6,11-13,15H,7-10,14H2,1H3,(H,32,33,34). The zero-order valence-electron chi connectivity index (χ0n) is 20.3. The van der Waals surface area contributed by atoms with Crippen molar-refractivity contribution in [1.82, 2.24) is 24.5 Å². The molecule has 4 aromatic rings. The summed E-state index contributed by atoms with van der Waals surface area (Å²) in [6.45, 7) is 3.83. The molecule has 4 heterocycles. The minimum Gasteiger partial charge on any atom is -0.378 e. The van der Waals surface area contributed by atoms with Gasteiger partial charge in [0.15, 0.2) is 17.0 Å². The van der Waals surface area contributed by atoms with Gasteiger partial charge < -0.3 is 14.2 Å². The third-order valence-electron chi connectivity index (χ3n) is 5.86. The molecule has 1 aliphatic rings. The predicted molar refractivity (Wildman–Crippen MR) is 134 cm³/mol. The number of aromatic nitrogens is 5. The van der Waals surface area contributed by atoms with Crippen LogP contribution in [0.3, 0.4) is 0 Å². The van der Waals surface area contributed by atoms with Gasteiger partial charge in [-0.05, 0) is 24.6 Å². The van der Waals surface area contributed by atoms with Crippen LogP contribution in [0.1, 0.15) is 27.2 Å². The molecule has 0 spiro atoms. The molecule has 38 heavy (non-hydrogen) atoms. The van der Waals surface area contributed by atoms with E-state index >= 15 is 0 Å². The van der Waals surface area contributed by atoms with Gasteiger partial charge >= 0.3 is 6.18 Å². The Morgan fingerprint density at radius 3 is 2.74 bits per heavy atom. The summed E-state index contributed by atoms with van der Waals surface area (Å²) in [6.07, 6.45) is -0.576. The van der Waals surface area contributed by atoms with E-state index in [1.165, 1.54) is 10.9 Å². The average molecular weight is 525 g/mol. The van der Waals surface area contributed by atoms with E-state index in [9.17, 15) is 18.0 Å². The van der Waals surface area contributed by atoms with Crippen molar-refractivity contribution in [2.75, 3.05) is 36.6 Å². The molecule has 1 fully saturated rings. The lowest BCUT2D eigenvalue weighted by Gasteiger charge is -2.27. The molecule has 0 amide bonds. The number of carbonyl (C=O) groups excluding carboxylic acids is 1. The maximum Gasteiger partial charge on any atom is 0.416 e. The predicted octanol–water partition coefficient (Wildman–Crippen LogP) is 3.71. The van der Waals surface area contributed by atoms with E-state index in [4.69, 9.17) is 4.74 Å². The van der Waals surface area contributed by atoms with Crippen LogP contribution in [0, 0.1) is 6.92 Å². The van der Waals surface area contributed by atoms with Crippen LogP contribution in [-0.4, -0.2) is 62.8 Å². The summed E-state index contributed by atoms with van der Waals surface area (Å²) in [5.74, 6) is 0.0955. The van der Waals surface area contributed by atoms with Gasteiger partial charge in [-0.3, -0.25) is 15.2 Å². The Balaban J connectivity index is 1.47. The molecule has 3 aromatic heterocycles. The summed E-state index contributed by atoms with van der Waals surface area (Å²) >= 11 is 0. The number of nitrogens with zero attached hydrogens (tertiary/aromatic N) is 7. The van der Waals surface area contributed by atoms with E-state index in [0.29, 0.717) is 49.2 Å². The van der Waals surface area contributed by atoms with Gasteiger partial charge in [0.25, 0.3) is 0 Å². The Morgan fingerprint density at radius 1 is 1.16 bits per heavy atom. The molecule has 0 saturated carbocycles. The molecule has 0 aliphatic carbocycles. The Labute approximate surface area is 215 Å². The van der Waals surface area contributed by atoms with Crippen molar-refractivity contribution in [1.29, 1.82) is 0 Å². The number of nitrogens with one attached hydrogen (secondary N) is 1. The van der Waals surface area contributed by atoms with Crippen LogP contribution in [0.5, 0.6) is 0 Å². The van der Waals surface area contributed by atoms with Crippen molar-refractivity contribution >= 4 is 34.9 Å². The topological polar surface area (TPSA) is 110 Å². The van der Waals surface area contributed by atoms with E-state index in [-0.39, 0.29) is 12.2 Å². The molecule has 0 bridgehead atoms. The highest BCUT2D eigenvalue weighted by Gasteiger charge is 2.31. The molecule has 13 heteroatoms. The van der Waals surface area contributed by atoms with E-state index in [1.807, 2.05) is 36.1 Å². The highest BCUT2D eigenvalue weighted by molar-refractivity contribution is 5.95. The number of anilines is 2. The van der Waals surface area contributed by atoms with Crippen molar-refractivity contribution in [3.8, 4) is 0 Å². The quantitative estimate of drug-likeness (QED) is 0.221. The van der Waals surface area contributed by atoms with Gasteiger partial charge in [-0.25, -0.2) is 4.98 Å². The monoisotopic (exact) mass is 524 g/mol. The summed E-state index contributed by atoms with van der Waals surface area (Å²) in [5.41, 5.74) is 4.34. The fraction of sp³-hybridized carbons (Fsp3) is 0.280. The highest BCUT2D eigenvalue weighted by Crippen LogP contribution is 2.29. The Kier molecular flexibility index (Phi) is 7.01. The van der Waals surface area contributed by atoms with Crippen molar-refractivity contribution in [2.45, 2.75) is 19.6 Å². The fourth-order valence-corrected chi connectivity index (χ4v) is 3.94. The first-order valence-corrected chi connectivity index (χ1v) is 11.8. The maximum atomic E-state index is 13.1. The molecule has 1 N–H and O–H groups in total. The number of morpholine rings is 1. The Morgan fingerprint density at radius 2 is 1.97 bits per heavy atom. The number of fused-ring (bicyclic) bond motifs is 1. The number of ketones is 1. The smallest absolute Gasteiger partial charge is 0.378 e. The molecule has 0 unspecified atom stereocenters. The van der Waals surface area contributed by atoms with Crippen LogP contribution in [0.25, 0.3) is 11.2 Å². The molecule has 0 atom stereocenters. The lowest BCUT2D eigenvalue weighted by atomic mass is 10.1. The number of ether oxygens (including phenoxy) is 1. The second kappa shape index (κ2) is 10.5. The number of alkyl halides is 3. The van der Waals surface area contributed by atoms with Crippen molar-refractivity contribution in [2.24, 2.45) is 5.10 Å². The number of hydrogen-bond donors (Lipinski definition) is 1. The van der Waals surface area contributed by atoms with Crippen LogP contribution in [0.4, 0.5) is 24.9 Å². The Bertz CT molecular complexity index is 1500. The molecular weight excluding hydrogens is 501 g/mol. The minimum atomic E-state index is -4.58. The van der Waals surface area contributed by atoms with Crippen LogP contribution in [0.2, 0.25) is 0 Å². The second-order valence-corrected chi connectivity index (χ2v) is 8.65. The zero-order chi connectivity index (χ0) is 26.7. The van der Waals surface area contributed by atoms with E-state index in [0.717, 1.165) is 29.5 Å². The van der Waals surface area contributed by atoms with Gasteiger partial charge in [0.1, 0.15) is 5.69 Å². The van der Waals surface area contributed by atoms with Gasteiger partial charge in [-0.1, -0.05) is 29.8 Å². The SMILES string of the molecule is Cc1cccc(C=NNc2nc(N3CCOCC3)nc3c2ncn3CC(=O)c2cc(C(F)(F)F)ccn2)c1. The zero-order valence-corrected chi connectivity index (χ0v) is 20.3. The number of benzene rings is 1. The molecule has 0 radical (unpaired) electrons. The van der Waals surface area contributed by atoms with Crippen molar-refractivity contribution in [3.63, 3.8) is 0 Å². The number of aryl methyl sites for hydroxylation is 1. The van der Waals surface area contributed by atoms with Crippen LogP contribution >= 0.6 is 0 Å². The third-order valence-corrected chi connectivity index (χ3v) is 5.86. The van der Waals surface area contributed by atoms with Crippen LogP contribution in [-0.2, 0) is 17.5 Å². The molecule has 10 nitrogen and oxygen atoms in total. The lowest BCUT2D eigenvalue weighted by Crippen LogP contribution is -2.37. The number of hydrazone groups is 1. The minimum absolute atomic E-state index is 0.301. The maximum absolute atomic E-state index is 13.1. The third kappa shape index (κ3) is 5.62. The molecule has 196 valence electrons. The summed E-state index contributed by atoms with van der Waals surface area (Å²) in [7, 11) is 0. The number of rotatable bonds is 7. The molecule has 1 saturated heterocycles. The number of carbonyl (C=O) groups is 1. The van der Waals surface area contributed by atoms with E-state index in [1.54, 1.807) is 6.21 Å². The highest BCUT2D eigenvalue weighted by atomic mass is 19.4. The summed E-state index contributed by atoms with van der Waals surface area (Å²) < 4.78 is 46.2. The van der Waals surface area contributed by atoms with Crippen LogP contribution in [0.15, 0.2) is 54.0 Å². The second-order valence-electron chi connectivity index (χ2n) is 8.65. The lowest BCUT2D eigenvalue weighted by molar-refractivity contribution is -0.137. The van der Waals surface area contributed by atoms with Crippen molar-refractivity contribution < 1.29 is 22.7 Å². The van der Waals surface area contributed by atoms with Gasteiger partial charge in [0, 0.05) is 19.3 Å². The normalized spacial score (nSPS) is 14.4. The van der Waals surface area contributed by atoms with Gasteiger partial charge in [-0.15, -0.1) is 0 Å². The number of imidazole rings is 1. The van der Waals surface area contributed by atoms with Crippen molar-refractivity contribution in [3.05, 3.63) is 71.3 Å². The molecule has 1 aromatic carbocycles. The van der Waals surface area contributed by atoms with Gasteiger partial charge in [-0.2, -0.15) is 28.2 Å². The summed E-state index contributed by atoms with van der Waals surface area (Å²) in [4.78, 5) is 32.2. The fourth-order valence-electron chi connectivity index (χ4n) is 3.94. The molecule has 5 rings (SSSR count). The number of halogens is 3. The summed E-state index contributed by atoms with van der Waals surface area (Å²) in [5, 5.41) is 4.30. The first-order valence-electron chi connectivity index (χ1n) is 11.8. The van der Waals surface area contributed by atoms with E-state index in [2.05, 4.69) is 30.5 Å². The molecular formula is C25H23F3N8O2. The first-order chi connectivity index (χ1) is 18.3. The van der Waals surface area contributed by atoms with E-state index < -0.39 is 17.5 Å². The first kappa shape index (κ1) is 25.3. The number of hydrogen-bond acceptors (Lipinski definition) is 9. The molecule has 1 aliphatic heterocycles.